The molecule has 192 valence electrons. The van der Waals surface area contributed by atoms with Crippen molar-refractivity contribution in [3.63, 3.8) is 0 Å². The van der Waals surface area contributed by atoms with Crippen LogP contribution in [0.3, 0.4) is 0 Å². The lowest BCUT2D eigenvalue weighted by Crippen LogP contribution is -2.36. The average Bonchev–Trinajstić information content (AvgIpc) is 3.29. The summed E-state index contributed by atoms with van der Waals surface area (Å²) in [7, 11) is 2.67. The number of allylic oxidation sites excluding steroid dienone is 1. The first-order valence-electron chi connectivity index (χ1n) is 12.0. The van der Waals surface area contributed by atoms with Crippen molar-refractivity contribution in [1.82, 2.24) is 4.98 Å². The first-order chi connectivity index (χ1) is 17.6. The van der Waals surface area contributed by atoms with Gasteiger partial charge in [-0.1, -0.05) is 29.8 Å². The Morgan fingerprint density at radius 1 is 0.973 bits per heavy atom. The van der Waals surface area contributed by atoms with E-state index < -0.39 is 23.8 Å². The van der Waals surface area contributed by atoms with Gasteiger partial charge in [-0.3, -0.25) is 9.79 Å². The van der Waals surface area contributed by atoms with Crippen molar-refractivity contribution in [3.05, 3.63) is 75.3 Å². The van der Waals surface area contributed by atoms with Crippen LogP contribution in [0.5, 0.6) is 0 Å². The minimum absolute atomic E-state index is 0.350. The van der Waals surface area contributed by atoms with E-state index in [9.17, 15) is 9.59 Å². The third-order valence-electron chi connectivity index (χ3n) is 6.62. The van der Waals surface area contributed by atoms with Gasteiger partial charge in [-0.25, -0.2) is 9.78 Å². The Labute approximate surface area is 221 Å². The molecule has 0 spiro atoms. The van der Waals surface area contributed by atoms with Crippen molar-refractivity contribution in [3.8, 4) is 11.3 Å². The quantitative estimate of drug-likeness (QED) is 0.388. The molecule has 0 radical (unpaired) electrons. The van der Waals surface area contributed by atoms with Gasteiger partial charge in [0.15, 0.2) is 5.13 Å². The lowest BCUT2D eigenvalue weighted by molar-refractivity contribution is -0.143. The monoisotopic (exact) mass is 517 g/mol. The topological polar surface area (TPSA) is 89.9 Å². The van der Waals surface area contributed by atoms with Crippen molar-refractivity contribution in [2.24, 2.45) is 10.9 Å². The van der Waals surface area contributed by atoms with Crippen LogP contribution in [0.15, 0.2) is 58.0 Å². The SMILES string of the molecule is COC(=O)C1=C(C)N=C(C)C(C(=O)OC)C1c1cccc(Nc2nc(-c3c(C)cc(C)cc3C)cs2)c1. The lowest BCUT2D eigenvalue weighted by Gasteiger charge is -2.31. The molecule has 1 aliphatic heterocycles. The van der Waals surface area contributed by atoms with E-state index in [-0.39, 0.29) is 0 Å². The van der Waals surface area contributed by atoms with Gasteiger partial charge in [0, 0.05) is 34.0 Å². The van der Waals surface area contributed by atoms with Crippen LogP contribution >= 0.6 is 11.3 Å². The number of nitrogens with zero attached hydrogens (tertiary/aromatic N) is 2. The van der Waals surface area contributed by atoms with Gasteiger partial charge in [-0.15, -0.1) is 11.3 Å². The second-order valence-electron chi connectivity index (χ2n) is 9.28. The fourth-order valence-electron chi connectivity index (χ4n) is 5.17. The molecule has 1 aromatic heterocycles. The van der Waals surface area contributed by atoms with Crippen LogP contribution in [0.1, 0.15) is 42.0 Å². The second-order valence-corrected chi connectivity index (χ2v) is 10.1. The number of aromatic nitrogens is 1. The molecule has 0 saturated heterocycles. The van der Waals surface area contributed by atoms with E-state index in [1.165, 1.54) is 42.2 Å². The van der Waals surface area contributed by atoms with Crippen LogP contribution < -0.4 is 5.32 Å². The van der Waals surface area contributed by atoms with E-state index in [2.05, 4.69) is 43.2 Å². The van der Waals surface area contributed by atoms with Crippen molar-refractivity contribution < 1.29 is 19.1 Å². The third kappa shape index (κ3) is 5.20. The second kappa shape index (κ2) is 10.7. The minimum Gasteiger partial charge on any atom is -0.468 e. The molecule has 0 amide bonds. The van der Waals surface area contributed by atoms with Gasteiger partial charge in [0.05, 0.1) is 25.5 Å². The lowest BCUT2D eigenvalue weighted by atomic mass is 9.75. The van der Waals surface area contributed by atoms with Gasteiger partial charge in [0.25, 0.3) is 0 Å². The molecule has 37 heavy (non-hydrogen) atoms. The number of ether oxygens (including phenoxy) is 2. The molecule has 8 heteroatoms. The zero-order valence-corrected chi connectivity index (χ0v) is 22.9. The van der Waals surface area contributed by atoms with E-state index in [1.54, 1.807) is 13.8 Å². The summed E-state index contributed by atoms with van der Waals surface area (Å²) in [4.78, 5) is 34.9. The highest BCUT2D eigenvalue weighted by Crippen LogP contribution is 2.41. The number of anilines is 2. The Hall–Kier alpha value is -3.78. The molecule has 2 atom stereocenters. The molecule has 3 aromatic rings. The van der Waals surface area contributed by atoms with Crippen LogP contribution in [-0.4, -0.2) is 36.9 Å². The molecule has 2 aromatic carbocycles. The van der Waals surface area contributed by atoms with E-state index in [4.69, 9.17) is 14.5 Å². The van der Waals surface area contributed by atoms with E-state index in [0.29, 0.717) is 17.0 Å². The highest BCUT2D eigenvalue weighted by molar-refractivity contribution is 7.14. The number of hydrogen-bond acceptors (Lipinski definition) is 8. The molecule has 1 aliphatic rings. The van der Waals surface area contributed by atoms with Gasteiger partial charge < -0.3 is 14.8 Å². The first kappa shape index (κ1) is 26.3. The number of rotatable bonds is 6. The molecule has 2 unspecified atom stereocenters. The molecule has 0 saturated carbocycles. The van der Waals surface area contributed by atoms with Crippen molar-refractivity contribution in [2.45, 2.75) is 40.5 Å². The first-order valence-corrected chi connectivity index (χ1v) is 12.8. The van der Waals surface area contributed by atoms with Crippen molar-refractivity contribution >= 4 is 39.8 Å². The molecule has 4 rings (SSSR count). The number of aryl methyl sites for hydroxylation is 3. The number of carbonyl (C=O) groups excluding carboxylic acids is 2. The maximum Gasteiger partial charge on any atom is 0.336 e. The Morgan fingerprint density at radius 3 is 2.32 bits per heavy atom. The Morgan fingerprint density at radius 2 is 1.68 bits per heavy atom. The third-order valence-corrected chi connectivity index (χ3v) is 7.38. The maximum absolute atomic E-state index is 12.8. The van der Waals surface area contributed by atoms with Crippen LogP contribution in [0.25, 0.3) is 11.3 Å². The molecule has 7 nitrogen and oxygen atoms in total. The van der Waals surface area contributed by atoms with Crippen LogP contribution in [-0.2, 0) is 19.1 Å². The summed E-state index contributed by atoms with van der Waals surface area (Å²) in [5, 5.41) is 6.19. The molecule has 0 fully saturated rings. The summed E-state index contributed by atoms with van der Waals surface area (Å²) in [6, 6.07) is 12.0. The van der Waals surface area contributed by atoms with Crippen LogP contribution in [0.4, 0.5) is 10.8 Å². The standard InChI is InChI=1S/C29H31N3O4S/c1-15-11-16(2)23(17(3)12-15)22-14-37-29(32-22)31-21-10-8-9-20(13-21)26-24(27(33)35-6)18(4)30-19(5)25(26)28(34)36-7/h8-14,24,26H,1-7H3,(H,31,32). The summed E-state index contributed by atoms with van der Waals surface area (Å²) < 4.78 is 10.2. The summed E-state index contributed by atoms with van der Waals surface area (Å²) in [6.07, 6.45) is 0. The molecular formula is C29H31N3O4S. The largest absolute Gasteiger partial charge is 0.468 e. The van der Waals surface area contributed by atoms with Crippen LogP contribution in [0, 0.1) is 26.7 Å². The van der Waals surface area contributed by atoms with Gasteiger partial charge in [-0.05, 0) is 63.4 Å². The molecule has 0 aliphatic carbocycles. The number of hydrogen-bond donors (Lipinski definition) is 1. The predicted octanol–water partition coefficient (Wildman–Crippen LogP) is 6.27. The maximum atomic E-state index is 12.8. The Kier molecular flexibility index (Phi) is 7.59. The fourth-order valence-corrected chi connectivity index (χ4v) is 5.89. The van der Waals surface area contributed by atoms with E-state index >= 15 is 0 Å². The summed E-state index contributed by atoms with van der Waals surface area (Å²) >= 11 is 1.52. The number of aliphatic imine (C=N–C) groups is 1. The zero-order chi connectivity index (χ0) is 26.9. The molecule has 0 bridgehead atoms. The van der Waals surface area contributed by atoms with Gasteiger partial charge in [0.2, 0.25) is 0 Å². The number of esters is 2. The van der Waals surface area contributed by atoms with E-state index in [1.807, 2.05) is 29.6 Å². The minimum atomic E-state index is -0.739. The number of carbonyl (C=O) groups is 2. The Balaban J connectivity index is 1.70. The van der Waals surface area contributed by atoms with Crippen LogP contribution in [0.2, 0.25) is 0 Å². The fraction of sp³-hybridized carbons (Fsp3) is 0.310. The predicted molar refractivity (Wildman–Crippen MR) is 148 cm³/mol. The average molecular weight is 518 g/mol. The summed E-state index contributed by atoms with van der Waals surface area (Å²) in [5.41, 5.74) is 8.72. The summed E-state index contributed by atoms with van der Waals surface area (Å²) in [5.74, 6) is -2.30. The normalized spacial score (nSPS) is 17.3. The molecule has 2 heterocycles. The number of nitrogens with one attached hydrogen (secondary N) is 1. The smallest absolute Gasteiger partial charge is 0.336 e. The zero-order valence-electron chi connectivity index (χ0n) is 22.1. The highest BCUT2D eigenvalue weighted by atomic mass is 32.1. The van der Waals surface area contributed by atoms with Crippen molar-refractivity contribution in [1.29, 1.82) is 0 Å². The Bertz CT molecular complexity index is 1410. The number of methoxy groups -OCH3 is 2. The van der Waals surface area contributed by atoms with Gasteiger partial charge >= 0.3 is 11.9 Å². The number of thiazole rings is 1. The van der Waals surface area contributed by atoms with Gasteiger partial charge in [-0.2, -0.15) is 0 Å². The van der Waals surface area contributed by atoms with Gasteiger partial charge in [0.1, 0.15) is 5.92 Å². The van der Waals surface area contributed by atoms with Crippen molar-refractivity contribution in [2.75, 3.05) is 19.5 Å². The molecule has 1 N–H and O–H groups in total. The number of benzene rings is 2. The summed E-state index contributed by atoms with van der Waals surface area (Å²) in [6.45, 7) is 9.84. The highest BCUT2D eigenvalue weighted by Gasteiger charge is 2.42. The molecular weight excluding hydrogens is 486 g/mol. The van der Waals surface area contributed by atoms with E-state index in [0.717, 1.165) is 27.6 Å².